The van der Waals surface area contributed by atoms with Gasteiger partial charge >= 0.3 is 0 Å². The molecule has 2 aromatic carbocycles. The average Bonchev–Trinajstić information content (AvgIpc) is 2.75. The molecule has 2 N–H and O–H groups in total. The summed E-state index contributed by atoms with van der Waals surface area (Å²) in [6.07, 6.45) is 0.936. The summed E-state index contributed by atoms with van der Waals surface area (Å²) in [5, 5.41) is 6.32. The Balaban J connectivity index is 1.47. The molecule has 0 saturated carbocycles. The molecule has 1 aliphatic heterocycles. The lowest BCUT2D eigenvalue weighted by Gasteiger charge is -2.36. The van der Waals surface area contributed by atoms with E-state index in [1.54, 1.807) is 0 Å². The van der Waals surface area contributed by atoms with Crippen molar-refractivity contribution in [3.8, 4) is 0 Å². The molecular weight excluding hydrogens is 360 g/mol. The van der Waals surface area contributed by atoms with Crippen molar-refractivity contribution in [1.29, 1.82) is 0 Å². The third kappa shape index (κ3) is 6.23. The topological polar surface area (TPSA) is 47.6 Å². The molecule has 5 nitrogen and oxygen atoms in total. The molecule has 5 heteroatoms. The second-order valence-electron chi connectivity index (χ2n) is 7.98. The van der Waals surface area contributed by atoms with Crippen molar-refractivity contribution in [3.05, 3.63) is 60.2 Å². The maximum absolute atomic E-state index is 12.2. The fourth-order valence-electron chi connectivity index (χ4n) is 3.56. The Morgan fingerprint density at radius 2 is 1.62 bits per heavy atom. The first-order valence-electron chi connectivity index (χ1n) is 10.7. The van der Waals surface area contributed by atoms with Crippen LogP contribution in [0.25, 0.3) is 0 Å². The van der Waals surface area contributed by atoms with Crippen molar-refractivity contribution in [2.45, 2.75) is 45.8 Å². The van der Waals surface area contributed by atoms with Crippen molar-refractivity contribution in [2.75, 3.05) is 36.4 Å². The van der Waals surface area contributed by atoms with E-state index in [4.69, 9.17) is 0 Å². The minimum Gasteiger partial charge on any atom is -0.374 e. The lowest BCUT2D eigenvalue weighted by molar-refractivity contribution is -0.122. The molecule has 1 aliphatic rings. The van der Waals surface area contributed by atoms with Gasteiger partial charge in [-0.1, -0.05) is 37.3 Å². The van der Waals surface area contributed by atoms with E-state index >= 15 is 0 Å². The number of amides is 1. The van der Waals surface area contributed by atoms with E-state index in [9.17, 15) is 4.79 Å². The number of hydrogen-bond acceptors (Lipinski definition) is 4. The number of nitrogens with zero attached hydrogens (tertiary/aromatic N) is 2. The van der Waals surface area contributed by atoms with E-state index < -0.39 is 0 Å². The fraction of sp³-hybridized carbons (Fsp3) is 0.458. The van der Waals surface area contributed by atoms with Gasteiger partial charge in [0.15, 0.2) is 0 Å². The number of carbonyl (C=O) groups is 1. The summed E-state index contributed by atoms with van der Waals surface area (Å²) in [6, 6.07) is 19.1. The highest BCUT2D eigenvalue weighted by Crippen LogP contribution is 2.20. The van der Waals surface area contributed by atoms with Gasteiger partial charge in [-0.3, -0.25) is 9.69 Å². The third-order valence-corrected chi connectivity index (χ3v) is 5.63. The summed E-state index contributed by atoms with van der Waals surface area (Å²) in [5.74, 6) is 0.0398. The minimum atomic E-state index is -0.253. The van der Waals surface area contributed by atoms with Gasteiger partial charge in [-0.05, 0) is 50.1 Å². The molecule has 1 heterocycles. The van der Waals surface area contributed by atoms with E-state index in [0.29, 0.717) is 0 Å². The lowest BCUT2D eigenvalue weighted by Crippen LogP contribution is -2.46. The summed E-state index contributed by atoms with van der Waals surface area (Å²) < 4.78 is 0. The van der Waals surface area contributed by atoms with Crippen molar-refractivity contribution in [1.82, 2.24) is 10.2 Å². The van der Waals surface area contributed by atoms with Crippen LogP contribution in [-0.4, -0.2) is 49.1 Å². The number of nitrogens with one attached hydrogen (secondary N) is 2. The second-order valence-corrected chi connectivity index (χ2v) is 7.98. The van der Waals surface area contributed by atoms with Gasteiger partial charge in [0.2, 0.25) is 5.91 Å². The van der Waals surface area contributed by atoms with E-state index in [2.05, 4.69) is 82.0 Å². The number of benzene rings is 2. The summed E-state index contributed by atoms with van der Waals surface area (Å²) in [4.78, 5) is 17.2. The molecule has 29 heavy (non-hydrogen) atoms. The quantitative estimate of drug-likeness (QED) is 0.716. The molecule has 1 saturated heterocycles. The number of hydrogen-bond donors (Lipinski definition) is 2. The highest BCUT2D eigenvalue weighted by Gasteiger charge is 2.18. The first-order chi connectivity index (χ1) is 14.0. The van der Waals surface area contributed by atoms with Crippen molar-refractivity contribution < 1.29 is 4.79 Å². The monoisotopic (exact) mass is 394 g/mol. The summed E-state index contributed by atoms with van der Waals surface area (Å²) >= 11 is 0. The van der Waals surface area contributed by atoms with Crippen LogP contribution in [0.5, 0.6) is 0 Å². The Bertz CT molecular complexity index is 754. The number of anilines is 2. The van der Waals surface area contributed by atoms with Crippen molar-refractivity contribution >= 4 is 17.3 Å². The van der Waals surface area contributed by atoms with Gasteiger partial charge in [0, 0.05) is 50.1 Å². The molecule has 2 unspecified atom stereocenters. The van der Waals surface area contributed by atoms with Crippen LogP contribution in [0.2, 0.25) is 0 Å². The molecule has 2 atom stereocenters. The Morgan fingerprint density at radius 1 is 0.966 bits per heavy atom. The van der Waals surface area contributed by atoms with Crippen LogP contribution in [0, 0.1) is 0 Å². The molecule has 0 aromatic heterocycles. The van der Waals surface area contributed by atoms with Gasteiger partial charge < -0.3 is 15.5 Å². The molecule has 1 fully saturated rings. The summed E-state index contributed by atoms with van der Waals surface area (Å²) in [5.41, 5.74) is 3.60. The molecule has 3 rings (SSSR count). The Morgan fingerprint density at radius 3 is 2.24 bits per heavy atom. The molecule has 2 aromatic rings. The maximum Gasteiger partial charge on any atom is 0.242 e. The smallest absolute Gasteiger partial charge is 0.242 e. The molecule has 156 valence electrons. The van der Waals surface area contributed by atoms with Crippen molar-refractivity contribution in [3.63, 3.8) is 0 Å². The van der Waals surface area contributed by atoms with E-state index in [-0.39, 0.29) is 18.0 Å². The van der Waals surface area contributed by atoms with Gasteiger partial charge in [-0.25, -0.2) is 0 Å². The predicted octanol–water partition coefficient (Wildman–Crippen LogP) is 3.72. The molecule has 0 bridgehead atoms. The van der Waals surface area contributed by atoms with Crippen LogP contribution < -0.4 is 15.5 Å². The van der Waals surface area contributed by atoms with Crippen LogP contribution in [-0.2, 0) is 11.3 Å². The van der Waals surface area contributed by atoms with Crippen molar-refractivity contribution in [2.24, 2.45) is 0 Å². The molecule has 0 radical (unpaired) electrons. The zero-order chi connectivity index (χ0) is 20.6. The Hall–Kier alpha value is -2.53. The molecule has 0 aliphatic carbocycles. The molecule has 0 spiro atoms. The largest absolute Gasteiger partial charge is 0.374 e. The zero-order valence-corrected chi connectivity index (χ0v) is 17.9. The Kier molecular flexibility index (Phi) is 7.53. The summed E-state index contributed by atoms with van der Waals surface area (Å²) in [6.45, 7) is 11.2. The van der Waals surface area contributed by atoms with E-state index in [0.717, 1.165) is 44.8 Å². The predicted molar refractivity (Wildman–Crippen MR) is 121 cm³/mol. The van der Waals surface area contributed by atoms with Gasteiger partial charge in [0.05, 0.1) is 0 Å². The second kappa shape index (κ2) is 10.3. The van der Waals surface area contributed by atoms with Crippen LogP contribution in [0.3, 0.4) is 0 Å². The third-order valence-electron chi connectivity index (χ3n) is 5.63. The van der Waals surface area contributed by atoms with E-state index in [1.807, 2.05) is 13.8 Å². The number of piperazine rings is 1. The van der Waals surface area contributed by atoms with Gasteiger partial charge in [0.1, 0.15) is 6.04 Å². The molecule has 1 amide bonds. The lowest BCUT2D eigenvalue weighted by atomic mass is 10.2. The standard InChI is InChI=1S/C24H34N4O/c1-4-19(2)25-24(29)20(3)26-22-10-12-23(13-11-22)28-16-14-27(15-17-28)18-21-8-6-5-7-9-21/h5-13,19-20,26H,4,14-18H2,1-3H3,(H,25,29). The summed E-state index contributed by atoms with van der Waals surface area (Å²) in [7, 11) is 0. The van der Waals surface area contributed by atoms with Crippen LogP contribution in [0.15, 0.2) is 54.6 Å². The maximum atomic E-state index is 12.2. The van der Waals surface area contributed by atoms with Crippen LogP contribution in [0.1, 0.15) is 32.8 Å². The first kappa shape index (κ1) is 21.2. The fourth-order valence-corrected chi connectivity index (χ4v) is 3.56. The minimum absolute atomic E-state index is 0.0398. The van der Waals surface area contributed by atoms with Gasteiger partial charge in [-0.2, -0.15) is 0 Å². The van der Waals surface area contributed by atoms with Crippen LogP contribution in [0.4, 0.5) is 11.4 Å². The molecular formula is C24H34N4O. The number of carbonyl (C=O) groups excluding carboxylic acids is 1. The average molecular weight is 395 g/mol. The van der Waals surface area contributed by atoms with Crippen LogP contribution >= 0.6 is 0 Å². The van der Waals surface area contributed by atoms with Gasteiger partial charge in [-0.15, -0.1) is 0 Å². The first-order valence-corrected chi connectivity index (χ1v) is 10.7. The van der Waals surface area contributed by atoms with E-state index in [1.165, 1.54) is 11.3 Å². The zero-order valence-electron chi connectivity index (χ0n) is 17.9. The van der Waals surface area contributed by atoms with Gasteiger partial charge in [0.25, 0.3) is 0 Å². The SMILES string of the molecule is CCC(C)NC(=O)C(C)Nc1ccc(N2CCN(Cc3ccccc3)CC2)cc1. The Labute approximate surface area is 175 Å². The highest BCUT2D eigenvalue weighted by atomic mass is 16.2. The number of rotatable bonds is 8. The normalized spacial score (nSPS) is 16.9. The highest BCUT2D eigenvalue weighted by molar-refractivity contribution is 5.84.